The van der Waals surface area contributed by atoms with Crippen LogP contribution < -0.4 is 0 Å². The SMILES string of the molecule is Cc1sc(-c2cn(C)cn2)nc1C=O. The smallest absolute Gasteiger partial charge is 0.169 e. The summed E-state index contributed by atoms with van der Waals surface area (Å²) in [5, 5.41) is 0.796. The first kappa shape index (κ1) is 9.08. The minimum absolute atomic E-state index is 0.510. The van der Waals surface area contributed by atoms with E-state index in [9.17, 15) is 4.79 Å². The van der Waals surface area contributed by atoms with Crippen molar-refractivity contribution in [1.29, 1.82) is 0 Å². The van der Waals surface area contributed by atoms with Crippen molar-refractivity contribution in [3.8, 4) is 10.7 Å². The molecule has 72 valence electrons. The fraction of sp³-hybridized carbons (Fsp3) is 0.222. The zero-order valence-corrected chi connectivity index (χ0v) is 8.71. The second kappa shape index (κ2) is 3.34. The molecule has 0 bridgehead atoms. The van der Waals surface area contributed by atoms with Crippen LogP contribution in [0.3, 0.4) is 0 Å². The van der Waals surface area contributed by atoms with Crippen LogP contribution in [0.5, 0.6) is 0 Å². The molecule has 0 fully saturated rings. The summed E-state index contributed by atoms with van der Waals surface area (Å²) in [6, 6.07) is 0. The molecule has 0 aliphatic rings. The van der Waals surface area contributed by atoms with Gasteiger partial charge >= 0.3 is 0 Å². The van der Waals surface area contributed by atoms with E-state index in [1.165, 1.54) is 11.3 Å². The Hall–Kier alpha value is -1.49. The van der Waals surface area contributed by atoms with Gasteiger partial charge in [0.1, 0.15) is 16.4 Å². The molecule has 0 aliphatic carbocycles. The zero-order chi connectivity index (χ0) is 10.1. The Kier molecular flexibility index (Phi) is 2.17. The molecular weight excluding hydrogens is 198 g/mol. The molecule has 5 heteroatoms. The van der Waals surface area contributed by atoms with Crippen LogP contribution in [0.1, 0.15) is 15.4 Å². The van der Waals surface area contributed by atoms with Gasteiger partial charge in [-0.15, -0.1) is 11.3 Å². The predicted molar refractivity (Wildman–Crippen MR) is 54.4 cm³/mol. The van der Waals surface area contributed by atoms with E-state index in [-0.39, 0.29) is 0 Å². The van der Waals surface area contributed by atoms with Crippen molar-refractivity contribution in [3.05, 3.63) is 23.1 Å². The summed E-state index contributed by atoms with van der Waals surface area (Å²) < 4.78 is 1.85. The van der Waals surface area contributed by atoms with Gasteiger partial charge in [-0.2, -0.15) is 0 Å². The fourth-order valence-electron chi connectivity index (χ4n) is 1.15. The second-order valence-electron chi connectivity index (χ2n) is 3.00. The third-order valence-corrected chi connectivity index (χ3v) is 2.88. The van der Waals surface area contributed by atoms with Gasteiger partial charge in [0.2, 0.25) is 0 Å². The predicted octanol–water partition coefficient (Wildman–Crippen LogP) is 1.66. The summed E-state index contributed by atoms with van der Waals surface area (Å²) in [7, 11) is 1.90. The molecule has 0 atom stereocenters. The summed E-state index contributed by atoms with van der Waals surface area (Å²) in [5.41, 5.74) is 1.32. The van der Waals surface area contributed by atoms with Gasteiger partial charge in [-0.1, -0.05) is 0 Å². The van der Waals surface area contributed by atoms with E-state index in [0.717, 1.165) is 21.9 Å². The maximum atomic E-state index is 10.6. The van der Waals surface area contributed by atoms with Gasteiger partial charge in [0.05, 0.1) is 6.33 Å². The van der Waals surface area contributed by atoms with E-state index in [4.69, 9.17) is 0 Å². The number of thiazole rings is 1. The quantitative estimate of drug-likeness (QED) is 0.704. The summed E-state index contributed by atoms with van der Waals surface area (Å²) in [6.45, 7) is 1.88. The number of hydrogen-bond donors (Lipinski definition) is 0. The Morgan fingerprint density at radius 2 is 2.36 bits per heavy atom. The van der Waals surface area contributed by atoms with E-state index < -0.39 is 0 Å². The molecule has 2 rings (SSSR count). The van der Waals surface area contributed by atoms with Gasteiger partial charge in [-0.25, -0.2) is 9.97 Å². The van der Waals surface area contributed by atoms with Crippen molar-refractivity contribution in [1.82, 2.24) is 14.5 Å². The molecule has 2 heterocycles. The Labute approximate surface area is 85.2 Å². The highest BCUT2D eigenvalue weighted by molar-refractivity contribution is 7.15. The van der Waals surface area contributed by atoms with Crippen LogP contribution in [0.25, 0.3) is 10.7 Å². The molecular formula is C9H9N3OS. The van der Waals surface area contributed by atoms with Crippen LogP contribution >= 0.6 is 11.3 Å². The van der Waals surface area contributed by atoms with Gasteiger partial charge < -0.3 is 4.57 Å². The number of hydrogen-bond acceptors (Lipinski definition) is 4. The van der Waals surface area contributed by atoms with Crippen LogP contribution in [-0.4, -0.2) is 20.8 Å². The van der Waals surface area contributed by atoms with E-state index in [2.05, 4.69) is 9.97 Å². The lowest BCUT2D eigenvalue weighted by Crippen LogP contribution is -1.82. The zero-order valence-electron chi connectivity index (χ0n) is 7.89. The van der Waals surface area contributed by atoms with Gasteiger partial charge in [0, 0.05) is 18.1 Å². The summed E-state index contributed by atoms with van der Waals surface area (Å²) in [6.07, 6.45) is 4.37. The average molecular weight is 207 g/mol. The first-order chi connectivity index (χ1) is 6.70. The van der Waals surface area contributed by atoms with Crippen LogP contribution in [0.2, 0.25) is 0 Å². The van der Waals surface area contributed by atoms with E-state index in [0.29, 0.717) is 5.69 Å². The number of aryl methyl sites for hydroxylation is 2. The number of carbonyl (C=O) groups excluding carboxylic acids is 1. The lowest BCUT2D eigenvalue weighted by atomic mass is 10.4. The fourth-order valence-corrected chi connectivity index (χ4v) is 1.99. The standard InChI is InChI=1S/C9H9N3OS/c1-6-8(4-13)11-9(14-6)7-3-12(2)5-10-7/h3-5H,1-2H3. The van der Waals surface area contributed by atoms with Gasteiger partial charge in [0.25, 0.3) is 0 Å². The first-order valence-corrected chi connectivity index (χ1v) is 4.93. The molecule has 2 aromatic rings. The molecule has 4 nitrogen and oxygen atoms in total. The molecule has 14 heavy (non-hydrogen) atoms. The second-order valence-corrected chi connectivity index (χ2v) is 4.21. The average Bonchev–Trinajstić information content (AvgIpc) is 2.71. The minimum atomic E-state index is 0.510. The minimum Gasteiger partial charge on any atom is -0.340 e. The molecule has 0 radical (unpaired) electrons. The number of rotatable bonds is 2. The van der Waals surface area contributed by atoms with Gasteiger partial charge in [-0.05, 0) is 6.92 Å². The molecule has 0 aliphatic heterocycles. The maximum Gasteiger partial charge on any atom is 0.169 e. The molecule has 0 saturated heterocycles. The molecule has 0 N–H and O–H groups in total. The van der Waals surface area contributed by atoms with Gasteiger partial charge in [-0.3, -0.25) is 4.79 Å². The molecule has 0 unspecified atom stereocenters. The van der Waals surface area contributed by atoms with Crippen LogP contribution in [0, 0.1) is 6.92 Å². The van der Waals surface area contributed by atoms with E-state index in [1.807, 2.05) is 24.7 Å². The third-order valence-electron chi connectivity index (χ3n) is 1.87. The lowest BCUT2D eigenvalue weighted by molar-refractivity contribution is 0.111. The maximum absolute atomic E-state index is 10.6. The summed E-state index contributed by atoms with van der Waals surface area (Å²) >= 11 is 1.49. The lowest BCUT2D eigenvalue weighted by Gasteiger charge is -1.85. The number of aldehydes is 1. The van der Waals surface area contributed by atoms with Crippen LogP contribution in [0.4, 0.5) is 0 Å². The number of aromatic nitrogens is 3. The highest BCUT2D eigenvalue weighted by Crippen LogP contribution is 2.25. The normalized spacial score (nSPS) is 10.4. The molecule has 2 aromatic heterocycles. The van der Waals surface area contributed by atoms with Crippen molar-refractivity contribution in [2.45, 2.75) is 6.92 Å². The van der Waals surface area contributed by atoms with Crippen molar-refractivity contribution < 1.29 is 4.79 Å². The third kappa shape index (κ3) is 1.46. The van der Waals surface area contributed by atoms with Crippen molar-refractivity contribution in [3.63, 3.8) is 0 Å². The van der Waals surface area contributed by atoms with Crippen molar-refractivity contribution >= 4 is 17.6 Å². The number of imidazole rings is 1. The molecule has 0 amide bonds. The summed E-state index contributed by atoms with van der Waals surface area (Å²) in [5.74, 6) is 0. The molecule has 0 spiro atoms. The number of carbonyl (C=O) groups is 1. The topological polar surface area (TPSA) is 47.8 Å². The largest absolute Gasteiger partial charge is 0.340 e. The van der Waals surface area contributed by atoms with Crippen molar-refractivity contribution in [2.24, 2.45) is 7.05 Å². The van der Waals surface area contributed by atoms with Gasteiger partial charge in [0.15, 0.2) is 6.29 Å². The Balaban J connectivity index is 2.47. The Bertz CT molecular complexity index is 472. The monoisotopic (exact) mass is 207 g/mol. The van der Waals surface area contributed by atoms with Crippen LogP contribution in [0.15, 0.2) is 12.5 Å². The van der Waals surface area contributed by atoms with E-state index in [1.54, 1.807) is 6.33 Å². The number of nitrogens with zero attached hydrogens (tertiary/aromatic N) is 3. The first-order valence-electron chi connectivity index (χ1n) is 4.11. The highest BCUT2D eigenvalue weighted by atomic mass is 32.1. The molecule has 0 saturated carbocycles. The summed E-state index contributed by atoms with van der Waals surface area (Å²) in [4.78, 5) is 19.9. The molecule has 0 aromatic carbocycles. The van der Waals surface area contributed by atoms with E-state index >= 15 is 0 Å². The Morgan fingerprint density at radius 3 is 2.86 bits per heavy atom. The Morgan fingerprint density at radius 1 is 1.57 bits per heavy atom. The van der Waals surface area contributed by atoms with Crippen molar-refractivity contribution in [2.75, 3.05) is 0 Å². The van der Waals surface area contributed by atoms with Crippen LogP contribution in [-0.2, 0) is 7.05 Å². The highest BCUT2D eigenvalue weighted by Gasteiger charge is 2.10.